The number of hydrogen-bond donors (Lipinski definition) is 1. The Kier molecular flexibility index (Phi) is 2.92. The first kappa shape index (κ1) is 12.5. The molecule has 0 unspecified atom stereocenters. The third-order valence-corrected chi connectivity index (χ3v) is 4.37. The largest absolute Gasteiger partial charge is 0.456 e. The van der Waals surface area contributed by atoms with Crippen molar-refractivity contribution >= 4 is 33.5 Å². The number of hydrogen-bond acceptors (Lipinski definition) is 2. The quantitative estimate of drug-likeness (QED) is 0.737. The summed E-state index contributed by atoms with van der Waals surface area (Å²) < 4.78 is 5.80. The lowest BCUT2D eigenvalue weighted by Gasteiger charge is -2.10. The summed E-state index contributed by atoms with van der Waals surface area (Å²) in [5.41, 5.74) is 2.59. The van der Waals surface area contributed by atoms with Gasteiger partial charge >= 0.3 is 0 Å². The SMILES string of the molecule is O=C(Nc1ccc2oc3ccccc3c2c1)C1CCCC1. The summed E-state index contributed by atoms with van der Waals surface area (Å²) in [5.74, 6) is 0.335. The van der Waals surface area contributed by atoms with E-state index in [2.05, 4.69) is 5.32 Å². The van der Waals surface area contributed by atoms with Gasteiger partial charge in [-0.25, -0.2) is 0 Å². The van der Waals surface area contributed by atoms with Crippen molar-refractivity contribution in [2.24, 2.45) is 5.92 Å². The van der Waals surface area contributed by atoms with Crippen LogP contribution in [0.1, 0.15) is 25.7 Å². The van der Waals surface area contributed by atoms with Crippen LogP contribution in [0.25, 0.3) is 21.9 Å². The Morgan fingerprint density at radius 2 is 1.76 bits per heavy atom. The van der Waals surface area contributed by atoms with E-state index in [4.69, 9.17) is 4.42 Å². The normalized spacial score (nSPS) is 15.8. The molecule has 21 heavy (non-hydrogen) atoms. The van der Waals surface area contributed by atoms with E-state index < -0.39 is 0 Å². The van der Waals surface area contributed by atoms with E-state index in [0.29, 0.717) is 0 Å². The summed E-state index contributed by atoms with van der Waals surface area (Å²) in [6, 6.07) is 13.8. The molecule has 0 radical (unpaired) electrons. The minimum absolute atomic E-state index is 0.152. The van der Waals surface area contributed by atoms with Crippen LogP contribution in [0.2, 0.25) is 0 Å². The average Bonchev–Trinajstić information content (AvgIpc) is 3.14. The number of nitrogens with one attached hydrogen (secondary N) is 1. The highest BCUT2D eigenvalue weighted by atomic mass is 16.3. The number of carbonyl (C=O) groups is 1. The molecule has 1 aliphatic rings. The topological polar surface area (TPSA) is 42.2 Å². The number of fused-ring (bicyclic) bond motifs is 3. The van der Waals surface area contributed by atoms with Crippen molar-refractivity contribution in [2.45, 2.75) is 25.7 Å². The van der Waals surface area contributed by atoms with E-state index in [0.717, 1.165) is 40.5 Å². The van der Waals surface area contributed by atoms with Gasteiger partial charge in [0.15, 0.2) is 0 Å². The van der Waals surface area contributed by atoms with Crippen LogP contribution in [-0.4, -0.2) is 5.91 Å². The Hall–Kier alpha value is -2.29. The number of rotatable bonds is 2. The molecule has 0 bridgehead atoms. The Morgan fingerprint density at radius 1 is 1.00 bits per heavy atom. The van der Waals surface area contributed by atoms with Crippen LogP contribution < -0.4 is 5.32 Å². The molecule has 2 aromatic carbocycles. The van der Waals surface area contributed by atoms with Crippen molar-refractivity contribution in [2.75, 3.05) is 5.32 Å². The Balaban J connectivity index is 1.69. The van der Waals surface area contributed by atoms with Gasteiger partial charge in [0.1, 0.15) is 11.2 Å². The molecule has 3 heteroatoms. The fourth-order valence-corrected chi connectivity index (χ4v) is 3.24. The molecule has 0 spiro atoms. The highest BCUT2D eigenvalue weighted by molar-refractivity contribution is 6.07. The van der Waals surface area contributed by atoms with E-state index in [1.165, 1.54) is 12.8 Å². The molecule has 1 heterocycles. The second-order valence-corrected chi connectivity index (χ2v) is 5.78. The molecule has 1 amide bonds. The smallest absolute Gasteiger partial charge is 0.227 e. The fourth-order valence-electron chi connectivity index (χ4n) is 3.24. The maximum absolute atomic E-state index is 12.2. The molecule has 1 saturated carbocycles. The van der Waals surface area contributed by atoms with E-state index in [9.17, 15) is 4.79 Å². The summed E-state index contributed by atoms with van der Waals surface area (Å²) in [4.78, 5) is 12.2. The molecule has 1 N–H and O–H groups in total. The van der Waals surface area contributed by atoms with Crippen molar-refractivity contribution in [3.05, 3.63) is 42.5 Å². The second-order valence-electron chi connectivity index (χ2n) is 5.78. The summed E-state index contributed by atoms with van der Waals surface area (Å²) >= 11 is 0. The van der Waals surface area contributed by atoms with Crippen molar-refractivity contribution in [3.8, 4) is 0 Å². The van der Waals surface area contributed by atoms with Crippen molar-refractivity contribution < 1.29 is 9.21 Å². The predicted molar refractivity (Wildman–Crippen MR) is 84.3 cm³/mol. The third-order valence-electron chi connectivity index (χ3n) is 4.37. The number of carbonyl (C=O) groups excluding carboxylic acids is 1. The molecule has 1 fully saturated rings. The first-order chi connectivity index (χ1) is 10.3. The monoisotopic (exact) mass is 279 g/mol. The summed E-state index contributed by atoms with van der Waals surface area (Å²) in [5, 5.41) is 5.19. The van der Waals surface area contributed by atoms with E-state index >= 15 is 0 Å². The van der Waals surface area contributed by atoms with Crippen LogP contribution in [0.4, 0.5) is 5.69 Å². The first-order valence-electron chi connectivity index (χ1n) is 7.53. The number of furan rings is 1. The summed E-state index contributed by atoms with van der Waals surface area (Å²) in [7, 11) is 0. The van der Waals surface area contributed by atoms with Crippen LogP contribution in [0.3, 0.4) is 0 Å². The third kappa shape index (κ3) is 2.19. The van der Waals surface area contributed by atoms with Crippen molar-refractivity contribution in [3.63, 3.8) is 0 Å². The van der Waals surface area contributed by atoms with E-state index in [-0.39, 0.29) is 11.8 Å². The van der Waals surface area contributed by atoms with Crippen molar-refractivity contribution in [1.82, 2.24) is 0 Å². The minimum Gasteiger partial charge on any atom is -0.456 e. The van der Waals surface area contributed by atoms with Gasteiger partial charge in [0.05, 0.1) is 0 Å². The molecule has 0 aliphatic heterocycles. The lowest BCUT2D eigenvalue weighted by molar-refractivity contribution is -0.119. The lowest BCUT2D eigenvalue weighted by Crippen LogP contribution is -2.20. The average molecular weight is 279 g/mol. The van der Waals surface area contributed by atoms with E-state index in [1.807, 2.05) is 42.5 Å². The summed E-state index contributed by atoms with van der Waals surface area (Å²) in [6.45, 7) is 0. The molecular weight excluding hydrogens is 262 g/mol. The number of para-hydroxylation sites is 1. The molecule has 3 aromatic rings. The van der Waals surface area contributed by atoms with Crippen LogP contribution >= 0.6 is 0 Å². The summed E-state index contributed by atoms with van der Waals surface area (Å²) in [6.07, 6.45) is 4.37. The van der Waals surface area contributed by atoms with Gasteiger partial charge in [-0.1, -0.05) is 31.0 Å². The zero-order valence-corrected chi connectivity index (χ0v) is 11.8. The number of benzene rings is 2. The minimum atomic E-state index is 0.152. The van der Waals surface area contributed by atoms with E-state index in [1.54, 1.807) is 0 Å². The van der Waals surface area contributed by atoms with Crippen LogP contribution in [0.5, 0.6) is 0 Å². The Bertz CT molecular complexity index is 812. The molecule has 106 valence electrons. The molecule has 1 aliphatic carbocycles. The maximum atomic E-state index is 12.2. The molecule has 0 saturated heterocycles. The van der Waals surface area contributed by atoms with Gasteiger partial charge in [-0.2, -0.15) is 0 Å². The molecular formula is C18H17NO2. The number of anilines is 1. The highest BCUT2D eigenvalue weighted by Crippen LogP contribution is 2.31. The zero-order valence-electron chi connectivity index (χ0n) is 11.8. The standard InChI is InChI=1S/C18H17NO2/c20-18(12-5-1-2-6-12)19-13-9-10-17-15(11-13)14-7-3-4-8-16(14)21-17/h3-4,7-12H,1-2,5-6H2,(H,19,20). The van der Waals surface area contributed by atoms with Gasteiger partial charge in [-0.3, -0.25) is 4.79 Å². The van der Waals surface area contributed by atoms with Gasteiger partial charge in [0.25, 0.3) is 0 Å². The Morgan fingerprint density at radius 3 is 2.62 bits per heavy atom. The van der Waals surface area contributed by atoms with Crippen LogP contribution in [0, 0.1) is 5.92 Å². The first-order valence-corrected chi connectivity index (χ1v) is 7.53. The van der Waals surface area contributed by atoms with Crippen LogP contribution in [0.15, 0.2) is 46.9 Å². The van der Waals surface area contributed by atoms with Gasteiger partial charge in [0, 0.05) is 22.4 Å². The molecule has 4 rings (SSSR count). The second kappa shape index (κ2) is 4.92. The van der Waals surface area contributed by atoms with Gasteiger partial charge in [-0.05, 0) is 37.1 Å². The van der Waals surface area contributed by atoms with Crippen LogP contribution in [-0.2, 0) is 4.79 Å². The highest BCUT2D eigenvalue weighted by Gasteiger charge is 2.22. The maximum Gasteiger partial charge on any atom is 0.227 e. The molecule has 3 nitrogen and oxygen atoms in total. The van der Waals surface area contributed by atoms with Crippen molar-refractivity contribution in [1.29, 1.82) is 0 Å². The number of amides is 1. The fraction of sp³-hybridized carbons (Fsp3) is 0.278. The van der Waals surface area contributed by atoms with Gasteiger partial charge < -0.3 is 9.73 Å². The zero-order chi connectivity index (χ0) is 14.2. The van der Waals surface area contributed by atoms with Gasteiger partial charge in [-0.15, -0.1) is 0 Å². The molecule has 1 aromatic heterocycles. The van der Waals surface area contributed by atoms with Gasteiger partial charge in [0.2, 0.25) is 5.91 Å². The Labute approximate surface area is 122 Å². The lowest BCUT2D eigenvalue weighted by atomic mass is 10.1. The molecule has 0 atom stereocenters. The predicted octanol–water partition coefficient (Wildman–Crippen LogP) is 4.71.